The van der Waals surface area contributed by atoms with Crippen LogP contribution in [0.3, 0.4) is 0 Å². The Hall–Kier alpha value is -2.31. The molecule has 1 amide bonds. The van der Waals surface area contributed by atoms with Crippen LogP contribution in [-0.4, -0.2) is 48.5 Å². The normalized spacial score (nSPS) is 21.8. The molecule has 1 aliphatic carbocycles. The number of benzene rings is 1. The van der Waals surface area contributed by atoms with Gasteiger partial charge in [-0.15, -0.1) is 0 Å². The minimum Gasteiger partial charge on any atom is -0.354 e. The van der Waals surface area contributed by atoms with Gasteiger partial charge in [0.15, 0.2) is 0 Å². The molecule has 2 heterocycles. The fraction of sp³-hybridized carbons (Fsp3) is 0.478. The molecule has 154 valence electrons. The maximum atomic E-state index is 13.4. The minimum atomic E-state index is -0.217. The maximum absolute atomic E-state index is 13.4. The topological polar surface area (TPSA) is 57.3 Å². The van der Waals surface area contributed by atoms with Crippen LogP contribution in [0.2, 0.25) is 0 Å². The number of carbonyl (C=O) groups excluding carboxylic acids is 1. The van der Waals surface area contributed by atoms with E-state index in [0.29, 0.717) is 13.1 Å². The van der Waals surface area contributed by atoms with Gasteiger partial charge in [-0.05, 0) is 42.2 Å². The minimum absolute atomic E-state index is 0.0502. The van der Waals surface area contributed by atoms with E-state index in [-0.39, 0.29) is 23.2 Å². The predicted octanol–water partition coefficient (Wildman–Crippen LogP) is 2.80. The Balaban J connectivity index is 1.40. The number of piperazine rings is 1. The number of nitrogens with one attached hydrogen (secondary N) is 2. The Morgan fingerprint density at radius 2 is 2.03 bits per heavy atom. The van der Waals surface area contributed by atoms with E-state index in [2.05, 4.69) is 26.6 Å². The highest BCUT2D eigenvalue weighted by molar-refractivity contribution is 5.78. The third-order valence-corrected chi connectivity index (χ3v) is 6.41. The quantitative estimate of drug-likeness (QED) is 0.788. The lowest BCUT2D eigenvalue weighted by Crippen LogP contribution is -2.50. The Morgan fingerprint density at radius 1 is 1.24 bits per heavy atom. The van der Waals surface area contributed by atoms with Crippen LogP contribution in [-0.2, 0) is 10.2 Å². The van der Waals surface area contributed by atoms with E-state index in [1.165, 1.54) is 12.1 Å². The maximum Gasteiger partial charge on any atom is 0.234 e. The molecule has 1 aromatic carbocycles. The summed E-state index contributed by atoms with van der Waals surface area (Å²) in [4.78, 5) is 19.3. The number of halogens is 1. The van der Waals surface area contributed by atoms with Gasteiger partial charge in [-0.2, -0.15) is 0 Å². The molecule has 1 atom stereocenters. The van der Waals surface area contributed by atoms with Gasteiger partial charge in [-0.25, -0.2) is 4.39 Å². The first kappa shape index (κ1) is 20.0. The van der Waals surface area contributed by atoms with Crippen molar-refractivity contribution < 1.29 is 9.18 Å². The molecule has 2 fully saturated rings. The predicted molar refractivity (Wildman–Crippen MR) is 111 cm³/mol. The number of aromatic nitrogens is 1. The first-order chi connectivity index (χ1) is 14.2. The molecule has 1 saturated heterocycles. The lowest BCUT2D eigenvalue weighted by Gasteiger charge is -2.36. The Bertz CT molecular complexity index is 805. The molecular formula is C23H29FN4O. The van der Waals surface area contributed by atoms with Crippen molar-refractivity contribution in [3.8, 4) is 0 Å². The third-order valence-electron chi connectivity index (χ3n) is 6.41. The van der Waals surface area contributed by atoms with E-state index in [9.17, 15) is 9.18 Å². The van der Waals surface area contributed by atoms with Gasteiger partial charge in [0.25, 0.3) is 0 Å². The van der Waals surface area contributed by atoms with E-state index >= 15 is 0 Å². The van der Waals surface area contributed by atoms with Crippen molar-refractivity contribution >= 4 is 5.91 Å². The second-order valence-electron chi connectivity index (χ2n) is 8.25. The summed E-state index contributed by atoms with van der Waals surface area (Å²) < 4.78 is 13.4. The Morgan fingerprint density at radius 3 is 2.76 bits per heavy atom. The van der Waals surface area contributed by atoms with E-state index in [1.807, 2.05) is 24.4 Å². The highest BCUT2D eigenvalue weighted by Gasteiger charge is 2.36. The molecule has 4 rings (SSSR count). The van der Waals surface area contributed by atoms with Crippen molar-refractivity contribution in [1.82, 2.24) is 20.5 Å². The smallest absolute Gasteiger partial charge is 0.234 e. The molecule has 0 bridgehead atoms. The van der Waals surface area contributed by atoms with Crippen LogP contribution in [0.4, 0.5) is 4.39 Å². The summed E-state index contributed by atoms with van der Waals surface area (Å²) in [7, 11) is 0. The lowest BCUT2D eigenvalue weighted by atomic mass is 9.79. The van der Waals surface area contributed by atoms with Gasteiger partial charge >= 0.3 is 0 Å². The number of rotatable bonds is 6. The average Bonchev–Trinajstić information content (AvgIpc) is 3.24. The summed E-state index contributed by atoms with van der Waals surface area (Å²) in [5.41, 5.74) is 2.19. The van der Waals surface area contributed by atoms with E-state index in [4.69, 9.17) is 0 Å². The standard InChI is InChI=1S/C23H29FN4O/c24-20-7-5-19(6-8-20)23(9-1-2-10-23)17-27-22(29)16-28-13-12-26-15-21(28)18-4-3-11-25-14-18/h3-8,11,14,21,26H,1-2,9-10,12-13,15-17H2,(H,27,29). The van der Waals surface area contributed by atoms with Gasteiger partial charge in [0.05, 0.1) is 6.54 Å². The summed E-state index contributed by atoms with van der Waals surface area (Å²) in [5, 5.41) is 6.60. The van der Waals surface area contributed by atoms with Gasteiger partial charge in [0, 0.05) is 50.0 Å². The Kier molecular flexibility index (Phi) is 6.21. The van der Waals surface area contributed by atoms with Crippen LogP contribution >= 0.6 is 0 Å². The van der Waals surface area contributed by atoms with Gasteiger partial charge < -0.3 is 10.6 Å². The fourth-order valence-corrected chi connectivity index (χ4v) is 4.77. The SMILES string of the molecule is O=C(CN1CCNCC1c1cccnc1)NCC1(c2ccc(F)cc2)CCCC1. The first-order valence-electron chi connectivity index (χ1n) is 10.5. The summed E-state index contributed by atoms with van der Waals surface area (Å²) in [5.74, 6) is -0.166. The van der Waals surface area contributed by atoms with E-state index < -0.39 is 0 Å². The highest BCUT2D eigenvalue weighted by atomic mass is 19.1. The van der Waals surface area contributed by atoms with Gasteiger partial charge in [0.2, 0.25) is 5.91 Å². The van der Waals surface area contributed by atoms with Crippen LogP contribution < -0.4 is 10.6 Å². The molecule has 2 aliphatic rings. The molecule has 1 aliphatic heterocycles. The molecule has 5 nitrogen and oxygen atoms in total. The molecule has 2 aromatic rings. The number of nitrogens with zero attached hydrogens (tertiary/aromatic N) is 2. The van der Waals surface area contributed by atoms with Crippen LogP contribution in [0.25, 0.3) is 0 Å². The van der Waals surface area contributed by atoms with Crippen molar-refractivity contribution in [1.29, 1.82) is 0 Å². The van der Waals surface area contributed by atoms with Gasteiger partial charge in [-0.3, -0.25) is 14.7 Å². The zero-order chi connectivity index (χ0) is 20.1. The number of hydrogen-bond acceptors (Lipinski definition) is 4. The lowest BCUT2D eigenvalue weighted by molar-refractivity contribution is -0.123. The molecule has 0 spiro atoms. The molecule has 6 heteroatoms. The average molecular weight is 397 g/mol. The van der Waals surface area contributed by atoms with Gasteiger partial charge in [0.1, 0.15) is 5.82 Å². The molecule has 2 N–H and O–H groups in total. The van der Waals surface area contributed by atoms with E-state index in [1.54, 1.807) is 6.20 Å². The monoisotopic (exact) mass is 396 g/mol. The number of carbonyl (C=O) groups is 1. The zero-order valence-corrected chi connectivity index (χ0v) is 16.7. The van der Waals surface area contributed by atoms with Crippen LogP contribution in [0, 0.1) is 5.82 Å². The fourth-order valence-electron chi connectivity index (χ4n) is 4.77. The van der Waals surface area contributed by atoms with Crippen molar-refractivity contribution in [3.63, 3.8) is 0 Å². The molecule has 1 saturated carbocycles. The van der Waals surface area contributed by atoms with E-state index in [0.717, 1.165) is 56.4 Å². The Labute approximate surface area is 171 Å². The summed E-state index contributed by atoms with van der Waals surface area (Å²) in [6.07, 6.45) is 8.01. The zero-order valence-electron chi connectivity index (χ0n) is 16.7. The number of amides is 1. The summed E-state index contributed by atoms with van der Waals surface area (Å²) in [6, 6.07) is 11.0. The van der Waals surface area contributed by atoms with Crippen molar-refractivity contribution in [2.24, 2.45) is 0 Å². The second kappa shape index (κ2) is 9.01. The largest absolute Gasteiger partial charge is 0.354 e. The van der Waals surface area contributed by atoms with Crippen LogP contribution in [0.15, 0.2) is 48.8 Å². The molecule has 0 radical (unpaired) electrons. The summed E-state index contributed by atoms with van der Waals surface area (Å²) in [6.45, 7) is 3.51. The third kappa shape index (κ3) is 4.65. The van der Waals surface area contributed by atoms with Gasteiger partial charge in [-0.1, -0.05) is 31.0 Å². The first-order valence-corrected chi connectivity index (χ1v) is 10.5. The number of hydrogen-bond donors (Lipinski definition) is 2. The van der Waals surface area contributed by atoms with Crippen molar-refractivity contribution in [3.05, 3.63) is 65.7 Å². The second-order valence-corrected chi connectivity index (χ2v) is 8.25. The molecule has 1 unspecified atom stereocenters. The molecule has 1 aromatic heterocycles. The van der Waals surface area contributed by atoms with Crippen molar-refractivity contribution in [2.45, 2.75) is 37.1 Å². The summed E-state index contributed by atoms with van der Waals surface area (Å²) >= 11 is 0. The van der Waals surface area contributed by atoms with Crippen molar-refractivity contribution in [2.75, 3.05) is 32.7 Å². The highest BCUT2D eigenvalue weighted by Crippen LogP contribution is 2.40. The van der Waals surface area contributed by atoms with Crippen LogP contribution in [0.5, 0.6) is 0 Å². The number of pyridine rings is 1. The molecule has 29 heavy (non-hydrogen) atoms. The van der Waals surface area contributed by atoms with Crippen LogP contribution in [0.1, 0.15) is 42.9 Å². The molecular weight excluding hydrogens is 367 g/mol.